The molecular weight excluding hydrogens is 313 g/mol. The monoisotopic (exact) mass is 329 g/mol. The van der Waals surface area contributed by atoms with Gasteiger partial charge in [-0.2, -0.15) is 0 Å². The molecule has 104 valence electrons. The minimum absolute atomic E-state index is 0.0470. The van der Waals surface area contributed by atoms with Gasteiger partial charge in [0.15, 0.2) is 0 Å². The van der Waals surface area contributed by atoms with E-state index >= 15 is 0 Å². The number of aliphatic hydroxyl groups excluding tert-OH is 1. The highest BCUT2D eigenvalue weighted by atomic mass is 79.9. The molecule has 0 aromatic heterocycles. The summed E-state index contributed by atoms with van der Waals surface area (Å²) in [6, 6.07) is 4.65. The highest BCUT2D eigenvalue weighted by Crippen LogP contribution is 2.24. The smallest absolute Gasteiger partial charge is 0.254 e. The van der Waals surface area contributed by atoms with E-state index in [9.17, 15) is 14.3 Å². The maximum absolute atomic E-state index is 13.7. The molecule has 1 saturated carbocycles. The maximum Gasteiger partial charge on any atom is 0.254 e. The third-order valence-electron chi connectivity index (χ3n) is 3.50. The van der Waals surface area contributed by atoms with Gasteiger partial charge in [0, 0.05) is 6.54 Å². The number of benzene rings is 1. The van der Waals surface area contributed by atoms with Crippen LogP contribution in [0.4, 0.5) is 4.39 Å². The fourth-order valence-electron chi connectivity index (χ4n) is 2.46. The topological polar surface area (TPSA) is 49.3 Å². The van der Waals surface area contributed by atoms with Crippen LogP contribution in [0.25, 0.3) is 0 Å². The van der Waals surface area contributed by atoms with Crippen molar-refractivity contribution in [2.24, 2.45) is 5.92 Å². The summed E-state index contributed by atoms with van der Waals surface area (Å²) >= 11 is 3.06. The Balaban J connectivity index is 1.92. The molecule has 2 atom stereocenters. The van der Waals surface area contributed by atoms with E-state index < -0.39 is 11.7 Å². The molecule has 1 aromatic carbocycles. The predicted octanol–water partition coefficient (Wildman–Crippen LogP) is 2.87. The Morgan fingerprint density at radius 1 is 1.47 bits per heavy atom. The van der Waals surface area contributed by atoms with Gasteiger partial charge in [-0.1, -0.05) is 12.5 Å². The van der Waals surface area contributed by atoms with E-state index in [2.05, 4.69) is 21.2 Å². The molecule has 0 aliphatic heterocycles. The number of rotatable bonds is 3. The van der Waals surface area contributed by atoms with Gasteiger partial charge in [-0.25, -0.2) is 4.39 Å². The van der Waals surface area contributed by atoms with E-state index in [4.69, 9.17) is 0 Å². The SMILES string of the molecule is O=C(NCC1CCCC(O)C1)c1cccc(Br)c1F. The Morgan fingerprint density at radius 2 is 2.26 bits per heavy atom. The Morgan fingerprint density at radius 3 is 3.00 bits per heavy atom. The molecule has 1 aromatic rings. The van der Waals surface area contributed by atoms with Crippen molar-refractivity contribution >= 4 is 21.8 Å². The quantitative estimate of drug-likeness (QED) is 0.895. The van der Waals surface area contributed by atoms with Crippen LogP contribution in [0.5, 0.6) is 0 Å². The van der Waals surface area contributed by atoms with Crippen molar-refractivity contribution in [1.29, 1.82) is 0 Å². The van der Waals surface area contributed by atoms with Crippen molar-refractivity contribution < 1.29 is 14.3 Å². The lowest BCUT2D eigenvalue weighted by atomic mass is 9.87. The molecule has 5 heteroatoms. The highest BCUT2D eigenvalue weighted by molar-refractivity contribution is 9.10. The van der Waals surface area contributed by atoms with Crippen LogP contribution in [0.3, 0.4) is 0 Å². The van der Waals surface area contributed by atoms with Crippen LogP contribution in [-0.4, -0.2) is 23.7 Å². The van der Waals surface area contributed by atoms with Gasteiger partial charge in [-0.3, -0.25) is 4.79 Å². The van der Waals surface area contributed by atoms with Crippen LogP contribution in [0.2, 0.25) is 0 Å². The van der Waals surface area contributed by atoms with Crippen LogP contribution in [-0.2, 0) is 0 Å². The first kappa shape index (κ1) is 14.5. The highest BCUT2D eigenvalue weighted by Gasteiger charge is 2.21. The average Bonchev–Trinajstić information content (AvgIpc) is 2.39. The summed E-state index contributed by atoms with van der Waals surface area (Å²) in [5.41, 5.74) is 0.0470. The van der Waals surface area contributed by atoms with Crippen molar-refractivity contribution in [1.82, 2.24) is 5.32 Å². The number of aliphatic hydroxyl groups is 1. The van der Waals surface area contributed by atoms with Gasteiger partial charge in [0.25, 0.3) is 5.91 Å². The number of amides is 1. The zero-order chi connectivity index (χ0) is 13.8. The van der Waals surface area contributed by atoms with Gasteiger partial charge in [-0.05, 0) is 53.2 Å². The van der Waals surface area contributed by atoms with Crippen LogP contribution in [0.15, 0.2) is 22.7 Å². The zero-order valence-electron chi connectivity index (χ0n) is 10.5. The molecule has 2 N–H and O–H groups in total. The van der Waals surface area contributed by atoms with E-state index in [-0.39, 0.29) is 22.1 Å². The van der Waals surface area contributed by atoms with Crippen molar-refractivity contribution in [3.05, 3.63) is 34.1 Å². The van der Waals surface area contributed by atoms with Crippen LogP contribution >= 0.6 is 15.9 Å². The van der Waals surface area contributed by atoms with E-state index in [1.165, 1.54) is 6.07 Å². The fraction of sp³-hybridized carbons (Fsp3) is 0.500. The number of hydrogen-bond acceptors (Lipinski definition) is 2. The molecule has 19 heavy (non-hydrogen) atoms. The second-order valence-corrected chi connectivity index (χ2v) is 5.85. The van der Waals surface area contributed by atoms with Crippen molar-refractivity contribution in [3.8, 4) is 0 Å². The van der Waals surface area contributed by atoms with E-state index in [1.807, 2.05) is 0 Å². The average molecular weight is 330 g/mol. The molecule has 0 radical (unpaired) electrons. The number of nitrogens with one attached hydrogen (secondary N) is 1. The molecule has 0 heterocycles. The summed E-state index contributed by atoms with van der Waals surface area (Å²) in [5, 5.41) is 12.3. The van der Waals surface area contributed by atoms with Gasteiger partial charge in [-0.15, -0.1) is 0 Å². The summed E-state index contributed by atoms with van der Waals surface area (Å²) in [6.45, 7) is 0.488. The number of carbonyl (C=O) groups is 1. The molecule has 0 bridgehead atoms. The molecular formula is C14H17BrFNO2. The Kier molecular flexibility index (Phi) is 4.93. The Bertz CT molecular complexity index is 467. The Labute approximate surface area is 120 Å². The second-order valence-electron chi connectivity index (χ2n) is 5.00. The van der Waals surface area contributed by atoms with Crippen molar-refractivity contribution in [2.45, 2.75) is 31.8 Å². The second kappa shape index (κ2) is 6.48. The first-order valence-corrected chi connectivity index (χ1v) is 7.27. The van der Waals surface area contributed by atoms with Gasteiger partial charge in [0.1, 0.15) is 5.82 Å². The molecule has 1 aliphatic carbocycles. The maximum atomic E-state index is 13.7. The van der Waals surface area contributed by atoms with Crippen molar-refractivity contribution in [2.75, 3.05) is 6.54 Å². The van der Waals surface area contributed by atoms with E-state index in [0.717, 1.165) is 19.3 Å². The molecule has 1 fully saturated rings. The lowest BCUT2D eigenvalue weighted by Gasteiger charge is -2.25. The summed E-state index contributed by atoms with van der Waals surface area (Å²) in [7, 11) is 0. The third-order valence-corrected chi connectivity index (χ3v) is 4.12. The molecule has 2 unspecified atom stereocenters. The minimum atomic E-state index is -0.538. The molecule has 2 rings (SSSR count). The van der Waals surface area contributed by atoms with Crippen LogP contribution in [0.1, 0.15) is 36.0 Å². The first-order chi connectivity index (χ1) is 9.08. The summed E-state index contributed by atoms with van der Waals surface area (Å²) < 4.78 is 14.0. The number of hydrogen-bond donors (Lipinski definition) is 2. The summed E-state index contributed by atoms with van der Waals surface area (Å²) in [5.74, 6) is -0.662. The van der Waals surface area contributed by atoms with Gasteiger partial charge >= 0.3 is 0 Å². The molecule has 1 aliphatic rings. The van der Waals surface area contributed by atoms with E-state index in [1.54, 1.807) is 12.1 Å². The molecule has 0 spiro atoms. The lowest BCUT2D eigenvalue weighted by Crippen LogP contribution is -2.33. The summed E-state index contributed by atoms with van der Waals surface area (Å²) in [6.07, 6.45) is 3.26. The standard InChI is InChI=1S/C14H17BrFNO2/c15-12-6-2-5-11(13(12)16)14(19)17-8-9-3-1-4-10(18)7-9/h2,5-6,9-10,18H,1,3-4,7-8H2,(H,17,19). The predicted molar refractivity (Wildman–Crippen MR) is 74.4 cm³/mol. The van der Waals surface area contributed by atoms with E-state index in [0.29, 0.717) is 13.0 Å². The number of halogens is 2. The van der Waals surface area contributed by atoms with Gasteiger partial charge in [0.05, 0.1) is 16.1 Å². The largest absolute Gasteiger partial charge is 0.393 e. The third kappa shape index (κ3) is 3.76. The van der Waals surface area contributed by atoms with Gasteiger partial charge < -0.3 is 10.4 Å². The summed E-state index contributed by atoms with van der Waals surface area (Å²) in [4.78, 5) is 11.9. The Hall–Kier alpha value is -0.940. The zero-order valence-corrected chi connectivity index (χ0v) is 12.1. The van der Waals surface area contributed by atoms with Gasteiger partial charge in [0.2, 0.25) is 0 Å². The van der Waals surface area contributed by atoms with Crippen molar-refractivity contribution in [3.63, 3.8) is 0 Å². The fourth-order valence-corrected chi connectivity index (χ4v) is 2.83. The normalized spacial score (nSPS) is 23.1. The molecule has 3 nitrogen and oxygen atoms in total. The molecule has 0 saturated heterocycles. The van der Waals surface area contributed by atoms with Crippen LogP contribution < -0.4 is 5.32 Å². The minimum Gasteiger partial charge on any atom is -0.393 e. The molecule has 1 amide bonds. The van der Waals surface area contributed by atoms with Crippen LogP contribution in [0, 0.1) is 11.7 Å². The number of carbonyl (C=O) groups excluding carboxylic acids is 1. The lowest BCUT2D eigenvalue weighted by molar-refractivity contribution is 0.0870. The first-order valence-electron chi connectivity index (χ1n) is 6.48.